The van der Waals surface area contributed by atoms with Crippen LogP contribution in [0, 0.1) is 0 Å². The Labute approximate surface area is 447 Å². The number of benzene rings is 12. The van der Waals surface area contributed by atoms with Crippen molar-refractivity contribution in [1.82, 2.24) is 18.3 Å². The van der Waals surface area contributed by atoms with Gasteiger partial charge >= 0.3 is 0 Å². The van der Waals surface area contributed by atoms with Crippen LogP contribution in [-0.2, 0) is 12.8 Å². The molecule has 17 rings (SSSR count). The first kappa shape index (κ1) is 42.8. The van der Waals surface area contributed by atoms with E-state index in [-0.39, 0.29) is 5.25 Å². The Hall–Kier alpha value is -9.49. The third-order valence-corrected chi connectivity index (χ3v) is 18.1. The Balaban J connectivity index is 0.917. The lowest BCUT2D eigenvalue weighted by Gasteiger charge is -2.29. The second kappa shape index (κ2) is 16.3. The van der Waals surface area contributed by atoms with Crippen LogP contribution in [0.3, 0.4) is 0 Å². The van der Waals surface area contributed by atoms with Crippen molar-refractivity contribution in [2.24, 2.45) is 0 Å². The van der Waals surface area contributed by atoms with Gasteiger partial charge in [0.1, 0.15) is 0 Å². The van der Waals surface area contributed by atoms with Crippen molar-refractivity contribution in [1.29, 1.82) is 0 Å². The van der Waals surface area contributed by atoms with Crippen molar-refractivity contribution in [2.45, 2.75) is 23.0 Å². The molecular weight excluding hydrogens is 955 g/mol. The highest BCUT2D eigenvalue weighted by atomic mass is 32.2. The zero-order chi connectivity index (χ0) is 50.5. The third kappa shape index (κ3) is 6.13. The molecule has 0 radical (unpaired) electrons. The van der Waals surface area contributed by atoms with Gasteiger partial charge in [-0.05, 0) is 120 Å². The molecule has 1 unspecified atom stereocenters. The van der Waals surface area contributed by atoms with Crippen LogP contribution in [-0.4, -0.2) is 23.5 Å². The van der Waals surface area contributed by atoms with Gasteiger partial charge in [0, 0.05) is 75.4 Å². The van der Waals surface area contributed by atoms with Crippen LogP contribution in [0.1, 0.15) is 11.1 Å². The molecule has 2 N–H and O–H groups in total. The van der Waals surface area contributed by atoms with Gasteiger partial charge in [-0.1, -0.05) is 158 Å². The van der Waals surface area contributed by atoms with Crippen LogP contribution in [0.15, 0.2) is 248 Å². The van der Waals surface area contributed by atoms with Crippen LogP contribution in [0.4, 0.5) is 5.69 Å². The highest BCUT2D eigenvalue weighted by Crippen LogP contribution is 2.49. The van der Waals surface area contributed by atoms with Crippen molar-refractivity contribution in [3.05, 3.63) is 254 Å². The Morgan fingerprint density at radius 3 is 1.10 bits per heavy atom. The number of nitrogens with two attached hydrogens (primary N) is 1. The molecule has 5 nitrogen and oxygen atoms in total. The summed E-state index contributed by atoms with van der Waals surface area (Å²) in [5, 5.41) is 15.0. The maximum atomic E-state index is 7.80. The first-order valence-corrected chi connectivity index (χ1v) is 27.6. The van der Waals surface area contributed by atoms with Crippen molar-refractivity contribution in [3.63, 3.8) is 0 Å². The van der Waals surface area contributed by atoms with Crippen LogP contribution in [0.25, 0.3) is 132 Å². The number of fused-ring (bicyclic) bond motifs is 13. The lowest BCUT2D eigenvalue weighted by molar-refractivity contribution is 0.840. The Morgan fingerprint density at radius 2 is 0.688 bits per heavy atom. The standard InChI is InChI=1S/C71H47N5S/c72-70-66(75-62-29-13-5-21-54(62)55-22-6-14-30-63(55)75)35-33-43-37-47(73-58-25-9-1-17-50(58)51-18-2-10-26-59(51)73)39-45(68(43)70)41-49-42-46-40-48(74-60-27-11-3-19-52(60)53-20-4-12-28-61(53)74)38-44-34-36-67(71(77-49)69(44)46)76-64-31-15-7-23-56(64)57-24-8-16-32-65(57)76/h1-40,49H,41-42,72H2. The molecular formula is C71H47N5S. The second-order valence-corrected chi connectivity index (χ2v) is 22.3. The van der Waals surface area contributed by atoms with Gasteiger partial charge in [-0.25, -0.2) is 0 Å². The predicted molar refractivity (Wildman–Crippen MR) is 327 cm³/mol. The van der Waals surface area contributed by atoms with Crippen molar-refractivity contribution in [2.75, 3.05) is 5.73 Å². The predicted octanol–water partition coefficient (Wildman–Crippen LogP) is 18.2. The Morgan fingerprint density at radius 1 is 0.351 bits per heavy atom. The van der Waals surface area contributed by atoms with E-state index in [4.69, 9.17) is 5.73 Å². The smallest absolute Gasteiger partial charge is 0.0698 e. The maximum Gasteiger partial charge on any atom is 0.0698 e. The van der Waals surface area contributed by atoms with E-state index in [1.807, 2.05) is 11.8 Å². The average molecular weight is 1000 g/mol. The number of hydrogen-bond donors (Lipinski definition) is 1. The first-order valence-electron chi connectivity index (χ1n) is 26.7. The maximum absolute atomic E-state index is 7.80. The molecule has 77 heavy (non-hydrogen) atoms. The van der Waals surface area contributed by atoms with E-state index in [0.717, 1.165) is 51.7 Å². The van der Waals surface area contributed by atoms with E-state index >= 15 is 0 Å². The number of rotatable bonds is 6. The van der Waals surface area contributed by atoms with E-state index in [2.05, 4.69) is 261 Å². The van der Waals surface area contributed by atoms with Crippen molar-refractivity contribution in [3.8, 4) is 22.7 Å². The average Bonchev–Trinajstić information content (AvgIpc) is 4.22. The van der Waals surface area contributed by atoms with E-state index in [1.54, 1.807) is 0 Å². The molecule has 0 saturated heterocycles. The minimum Gasteiger partial charge on any atom is -0.397 e. The number of thioether (sulfide) groups is 1. The number of nitrogens with zero attached hydrogens (tertiary/aromatic N) is 4. The second-order valence-electron chi connectivity index (χ2n) is 20.9. The van der Waals surface area contributed by atoms with Crippen LogP contribution in [0.5, 0.6) is 0 Å². The number of hydrogen-bond acceptors (Lipinski definition) is 2. The summed E-state index contributed by atoms with van der Waals surface area (Å²) in [6.07, 6.45) is 1.67. The van der Waals surface area contributed by atoms with Gasteiger partial charge in [0.2, 0.25) is 0 Å². The molecule has 1 atom stereocenters. The highest BCUT2D eigenvalue weighted by molar-refractivity contribution is 8.00. The third-order valence-electron chi connectivity index (χ3n) is 16.8. The fourth-order valence-electron chi connectivity index (χ4n) is 13.7. The van der Waals surface area contributed by atoms with Gasteiger partial charge in [0.05, 0.1) is 61.2 Å². The Bertz CT molecular complexity index is 4970. The van der Waals surface area contributed by atoms with Gasteiger partial charge in [0.25, 0.3) is 0 Å². The normalized spacial score (nSPS) is 13.8. The fraction of sp³-hybridized carbons (Fsp3) is 0.0423. The number of nitrogen functional groups attached to an aromatic ring is 1. The molecule has 0 amide bonds. The zero-order valence-electron chi connectivity index (χ0n) is 41.9. The molecule has 6 heteroatoms. The number of anilines is 1. The molecule has 0 bridgehead atoms. The zero-order valence-corrected chi connectivity index (χ0v) is 42.7. The van der Waals surface area contributed by atoms with Gasteiger partial charge in [-0.3, -0.25) is 0 Å². The van der Waals surface area contributed by atoms with E-state index in [0.29, 0.717) is 0 Å². The molecule has 0 fully saturated rings. The lowest BCUT2D eigenvalue weighted by Crippen LogP contribution is -2.17. The summed E-state index contributed by atoms with van der Waals surface area (Å²) in [5.41, 5.74) is 25.3. The van der Waals surface area contributed by atoms with Crippen LogP contribution < -0.4 is 5.73 Å². The van der Waals surface area contributed by atoms with Crippen molar-refractivity contribution >= 4 is 126 Å². The topological polar surface area (TPSA) is 45.7 Å². The summed E-state index contributed by atoms with van der Waals surface area (Å²) < 4.78 is 9.85. The SMILES string of the molecule is Nc1c(-n2c3ccccc3c3ccccc32)ccc2cc(-n3c4ccccc4c4ccccc43)cc(CC3Cc4cc(-n5c6ccccc6c6ccccc65)cc5ccc(-n6c7ccccc7c7ccccc76)c(c45)S3)c12. The summed E-state index contributed by atoms with van der Waals surface area (Å²) in [7, 11) is 0. The van der Waals surface area contributed by atoms with E-state index in [1.165, 1.54) is 114 Å². The molecule has 0 aliphatic carbocycles. The summed E-state index contributed by atoms with van der Waals surface area (Å²) in [4.78, 5) is 1.32. The minimum absolute atomic E-state index is 0.154. The van der Waals surface area contributed by atoms with Gasteiger partial charge in [-0.15, -0.1) is 11.8 Å². The first-order chi connectivity index (χ1) is 38.1. The number of para-hydroxylation sites is 8. The quantitative estimate of drug-likeness (QED) is 0.169. The molecule has 5 heterocycles. The monoisotopic (exact) mass is 1000 g/mol. The lowest BCUT2D eigenvalue weighted by atomic mass is 9.93. The minimum atomic E-state index is 0.154. The molecule has 1 aliphatic rings. The Kier molecular flexibility index (Phi) is 9.04. The van der Waals surface area contributed by atoms with Crippen LogP contribution >= 0.6 is 11.8 Å². The fourth-order valence-corrected chi connectivity index (χ4v) is 15.2. The molecule has 12 aromatic carbocycles. The van der Waals surface area contributed by atoms with Crippen LogP contribution in [0.2, 0.25) is 0 Å². The van der Waals surface area contributed by atoms with Crippen molar-refractivity contribution < 1.29 is 0 Å². The van der Waals surface area contributed by atoms with E-state index < -0.39 is 0 Å². The van der Waals surface area contributed by atoms with E-state index in [9.17, 15) is 0 Å². The molecule has 0 saturated carbocycles. The van der Waals surface area contributed by atoms with Gasteiger partial charge in [-0.2, -0.15) is 0 Å². The summed E-state index contributed by atoms with van der Waals surface area (Å²) in [5.74, 6) is 0. The van der Waals surface area contributed by atoms with Gasteiger partial charge in [0.15, 0.2) is 0 Å². The highest BCUT2D eigenvalue weighted by Gasteiger charge is 2.29. The molecule has 1 aliphatic heterocycles. The molecule has 0 spiro atoms. The molecule has 4 aromatic heterocycles. The largest absolute Gasteiger partial charge is 0.397 e. The number of aromatic nitrogens is 4. The summed E-state index contributed by atoms with van der Waals surface area (Å²) in [6, 6.07) is 89.7. The van der Waals surface area contributed by atoms with Gasteiger partial charge < -0.3 is 24.0 Å². The molecule has 16 aromatic rings. The molecule has 362 valence electrons. The summed E-state index contributed by atoms with van der Waals surface area (Å²) >= 11 is 2.04. The summed E-state index contributed by atoms with van der Waals surface area (Å²) in [6.45, 7) is 0.